The Hall–Kier alpha value is -1.37. The molecule has 88 valence electrons. The number of nitrogens with two attached hydrogens (primary N) is 1. The SMILES string of the molecule is Cc1nc(N)c(C)c(Nc2cccc(I)c2)n1. The van der Waals surface area contributed by atoms with Gasteiger partial charge in [-0.15, -0.1) is 0 Å². The van der Waals surface area contributed by atoms with Crippen LogP contribution in [-0.4, -0.2) is 9.97 Å². The molecule has 0 spiro atoms. The highest BCUT2D eigenvalue weighted by molar-refractivity contribution is 14.1. The lowest BCUT2D eigenvalue weighted by molar-refractivity contribution is 1.04. The number of halogens is 1. The summed E-state index contributed by atoms with van der Waals surface area (Å²) in [6, 6.07) is 8.08. The van der Waals surface area contributed by atoms with Crippen LogP contribution in [0.1, 0.15) is 11.4 Å². The molecule has 5 heteroatoms. The molecule has 0 atom stereocenters. The highest BCUT2D eigenvalue weighted by Gasteiger charge is 2.06. The van der Waals surface area contributed by atoms with E-state index < -0.39 is 0 Å². The van der Waals surface area contributed by atoms with E-state index >= 15 is 0 Å². The Morgan fingerprint density at radius 1 is 1.24 bits per heavy atom. The van der Waals surface area contributed by atoms with Gasteiger partial charge in [0.05, 0.1) is 0 Å². The highest BCUT2D eigenvalue weighted by atomic mass is 127. The summed E-state index contributed by atoms with van der Waals surface area (Å²) in [5, 5.41) is 3.26. The quantitative estimate of drug-likeness (QED) is 0.825. The van der Waals surface area contributed by atoms with Gasteiger partial charge < -0.3 is 11.1 Å². The number of hydrogen-bond donors (Lipinski definition) is 2. The summed E-state index contributed by atoms with van der Waals surface area (Å²) in [5.41, 5.74) is 7.68. The Bertz CT molecular complexity index is 554. The summed E-state index contributed by atoms with van der Waals surface area (Å²) in [7, 11) is 0. The third-order valence-corrected chi connectivity index (χ3v) is 3.05. The van der Waals surface area contributed by atoms with Crippen molar-refractivity contribution in [2.24, 2.45) is 0 Å². The van der Waals surface area contributed by atoms with Crippen LogP contribution < -0.4 is 11.1 Å². The number of anilines is 3. The fraction of sp³-hybridized carbons (Fsp3) is 0.167. The summed E-state index contributed by atoms with van der Waals surface area (Å²) < 4.78 is 1.17. The van der Waals surface area contributed by atoms with Gasteiger partial charge in [0.2, 0.25) is 0 Å². The average molecular weight is 340 g/mol. The summed E-state index contributed by atoms with van der Waals surface area (Å²) in [6.45, 7) is 3.74. The smallest absolute Gasteiger partial charge is 0.139 e. The molecule has 2 aromatic rings. The lowest BCUT2D eigenvalue weighted by Gasteiger charge is -2.10. The largest absolute Gasteiger partial charge is 0.383 e. The monoisotopic (exact) mass is 340 g/mol. The van der Waals surface area contributed by atoms with Crippen LogP contribution in [0.5, 0.6) is 0 Å². The molecule has 17 heavy (non-hydrogen) atoms. The van der Waals surface area contributed by atoms with Gasteiger partial charge in [0, 0.05) is 14.8 Å². The Morgan fingerprint density at radius 2 is 2.00 bits per heavy atom. The summed E-state index contributed by atoms with van der Waals surface area (Å²) in [4.78, 5) is 8.47. The Balaban J connectivity index is 2.36. The number of nitrogens with zero attached hydrogens (tertiary/aromatic N) is 2. The van der Waals surface area contributed by atoms with Gasteiger partial charge in [-0.3, -0.25) is 0 Å². The van der Waals surface area contributed by atoms with Gasteiger partial charge in [-0.1, -0.05) is 6.07 Å². The predicted molar refractivity (Wildman–Crippen MR) is 78.4 cm³/mol. The molecule has 0 fully saturated rings. The number of nitrogens with one attached hydrogen (secondary N) is 1. The van der Waals surface area contributed by atoms with E-state index in [0.717, 1.165) is 17.1 Å². The van der Waals surface area contributed by atoms with Gasteiger partial charge in [-0.2, -0.15) is 0 Å². The van der Waals surface area contributed by atoms with E-state index in [1.165, 1.54) is 3.57 Å². The average Bonchev–Trinajstić information content (AvgIpc) is 2.25. The van der Waals surface area contributed by atoms with Crippen molar-refractivity contribution in [1.82, 2.24) is 9.97 Å². The molecule has 0 unspecified atom stereocenters. The number of aromatic nitrogens is 2. The second-order valence-electron chi connectivity index (χ2n) is 3.77. The van der Waals surface area contributed by atoms with Crippen molar-refractivity contribution < 1.29 is 0 Å². The first kappa shape index (κ1) is 12.1. The standard InChI is InChI=1S/C12H13IN4/c1-7-11(14)15-8(2)16-12(7)17-10-5-3-4-9(13)6-10/h3-6H,1-2H3,(H3,14,15,16,17). The van der Waals surface area contributed by atoms with Gasteiger partial charge in [0.25, 0.3) is 0 Å². The zero-order valence-electron chi connectivity index (χ0n) is 9.66. The molecule has 3 N–H and O–H groups in total. The van der Waals surface area contributed by atoms with Crippen LogP contribution in [0, 0.1) is 17.4 Å². The summed E-state index contributed by atoms with van der Waals surface area (Å²) in [5.74, 6) is 1.95. The van der Waals surface area contributed by atoms with Crippen molar-refractivity contribution >= 4 is 39.9 Å². The molecule has 0 saturated heterocycles. The van der Waals surface area contributed by atoms with Crippen molar-refractivity contribution in [3.63, 3.8) is 0 Å². The maximum atomic E-state index is 5.81. The fourth-order valence-electron chi connectivity index (χ4n) is 1.47. The van der Waals surface area contributed by atoms with Crippen LogP contribution in [0.2, 0.25) is 0 Å². The minimum absolute atomic E-state index is 0.519. The molecule has 4 nitrogen and oxygen atoms in total. The third kappa shape index (κ3) is 2.85. The van der Waals surface area contributed by atoms with Gasteiger partial charge in [-0.05, 0) is 54.6 Å². The van der Waals surface area contributed by atoms with E-state index in [1.54, 1.807) is 0 Å². The van der Waals surface area contributed by atoms with Crippen LogP contribution >= 0.6 is 22.6 Å². The highest BCUT2D eigenvalue weighted by Crippen LogP contribution is 2.22. The Labute approximate surface area is 114 Å². The Morgan fingerprint density at radius 3 is 2.71 bits per heavy atom. The Kier molecular flexibility index (Phi) is 3.46. The lowest BCUT2D eigenvalue weighted by atomic mass is 10.2. The summed E-state index contributed by atoms with van der Waals surface area (Å²) >= 11 is 2.27. The van der Waals surface area contributed by atoms with Crippen LogP contribution in [0.25, 0.3) is 0 Å². The molecule has 1 aromatic carbocycles. The molecular formula is C12H13IN4. The molecule has 0 amide bonds. The first-order chi connectivity index (χ1) is 8.06. The zero-order valence-corrected chi connectivity index (χ0v) is 11.8. The second-order valence-corrected chi connectivity index (χ2v) is 5.01. The normalized spacial score (nSPS) is 10.3. The molecule has 0 aliphatic heterocycles. The molecule has 2 rings (SSSR count). The molecular weight excluding hydrogens is 327 g/mol. The number of hydrogen-bond acceptors (Lipinski definition) is 4. The number of benzene rings is 1. The van der Waals surface area contributed by atoms with E-state index in [9.17, 15) is 0 Å². The van der Waals surface area contributed by atoms with E-state index in [1.807, 2.05) is 38.1 Å². The van der Waals surface area contributed by atoms with Crippen LogP contribution in [-0.2, 0) is 0 Å². The molecule has 1 aromatic heterocycles. The van der Waals surface area contributed by atoms with Crippen LogP contribution in [0.4, 0.5) is 17.3 Å². The van der Waals surface area contributed by atoms with Gasteiger partial charge in [0.15, 0.2) is 0 Å². The maximum absolute atomic E-state index is 5.81. The van der Waals surface area contributed by atoms with E-state index in [4.69, 9.17) is 5.73 Å². The fourth-order valence-corrected chi connectivity index (χ4v) is 2.02. The van der Waals surface area contributed by atoms with E-state index in [2.05, 4.69) is 37.9 Å². The topological polar surface area (TPSA) is 63.8 Å². The maximum Gasteiger partial charge on any atom is 0.139 e. The number of aryl methyl sites for hydroxylation is 1. The molecule has 0 aliphatic rings. The van der Waals surface area contributed by atoms with E-state index in [-0.39, 0.29) is 0 Å². The molecule has 0 bridgehead atoms. The van der Waals surface area contributed by atoms with Gasteiger partial charge in [0.1, 0.15) is 17.5 Å². The van der Waals surface area contributed by atoms with Crippen LogP contribution in [0.15, 0.2) is 24.3 Å². The van der Waals surface area contributed by atoms with Crippen molar-refractivity contribution in [3.8, 4) is 0 Å². The minimum atomic E-state index is 0.519. The molecule has 0 radical (unpaired) electrons. The van der Waals surface area contributed by atoms with Crippen LogP contribution in [0.3, 0.4) is 0 Å². The van der Waals surface area contributed by atoms with Crippen molar-refractivity contribution in [1.29, 1.82) is 0 Å². The molecule has 0 aliphatic carbocycles. The van der Waals surface area contributed by atoms with Crippen molar-refractivity contribution in [2.45, 2.75) is 13.8 Å². The number of nitrogen functional groups attached to an aromatic ring is 1. The number of rotatable bonds is 2. The first-order valence-electron chi connectivity index (χ1n) is 5.19. The zero-order chi connectivity index (χ0) is 12.4. The minimum Gasteiger partial charge on any atom is -0.383 e. The third-order valence-electron chi connectivity index (χ3n) is 2.38. The molecule has 0 saturated carbocycles. The predicted octanol–water partition coefficient (Wildman–Crippen LogP) is 3.02. The second kappa shape index (κ2) is 4.87. The van der Waals surface area contributed by atoms with Gasteiger partial charge in [-0.25, -0.2) is 9.97 Å². The summed E-state index contributed by atoms with van der Waals surface area (Å²) in [6.07, 6.45) is 0. The molecule has 1 heterocycles. The van der Waals surface area contributed by atoms with Crippen molar-refractivity contribution in [2.75, 3.05) is 11.1 Å². The lowest BCUT2D eigenvalue weighted by Crippen LogP contribution is -2.04. The first-order valence-corrected chi connectivity index (χ1v) is 6.27. The van der Waals surface area contributed by atoms with Crippen molar-refractivity contribution in [3.05, 3.63) is 39.2 Å². The van der Waals surface area contributed by atoms with Gasteiger partial charge >= 0.3 is 0 Å². The van der Waals surface area contributed by atoms with E-state index in [0.29, 0.717) is 11.6 Å².